The Morgan fingerprint density at radius 2 is 2.00 bits per heavy atom. The number of nitrogens with zero attached hydrogens (tertiary/aromatic N) is 1. The van der Waals surface area contributed by atoms with Crippen molar-refractivity contribution in [3.05, 3.63) is 0 Å². The van der Waals surface area contributed by atoms with Crippen LogP contribution in [0.15, 0.2) is 0 Å². The van der Waals surface area contributed by atoms with Gasteiger partial charge in [0.25, 0.3) is 0 Å². The Morgan fingerprint density at radius 1 is 1.60 bits per heavy atom. The summed E-state index contributed by atoms with van der Waals surface area (Å²) in [6.07, 6.45) is -1.02. The molecule has 0 bridgehead atoms. The standard InChI is InChI=1S/C3H6ClNO4S/c1-5(3(6)9-2)10(4,7)8/h1-2H3. The third-order valence-corrected chi connectivity index (χ3v) is 2.18. The van der Waals surface area contributed by atoms with Crippen LogP contribution in [0.4, 0.5) is 4.79 Å². The van der Waals surface area contributed by atoms with Gasteiger partial charge in [0, 0.05) is 17.7 Å². The number of rotatable bonds is 1. The SMILES string of the molecule is COC(=O)N(C)S(=O)(=O)Cl. The van der Waals surface area contributed by atoms with E-state index in [9.17, 15) is 13.2 Å². The molecule has 10 heavy (non-hydrogen) atoms. The maximum atomic E-state index is 10.4. The van der Waals surface area contributed by atoms with E-state index in [4.69, 9.17) is 10.7 Å². The van der Waals surface area contributed by atoms with E-state index >= 15 is 0 Å². The van der Waals surface area contributed by atoms with Crippen LogP contribution in [-0.4, -0.2) is 33.0 Å². The second-order valence-electron chi connectivity index (χ2n) is 1.38. The average molecular weight is 188 g/mol. The molecule has 1 amide bonds. The van der Waals surface area contributed by atoms with Crippen LogP contribution in [-0.2, 0) is 14.0 Å². The van der Waals surface area contributed by atoms with Gasteiger partial charge in [0.05, 0.1) is 7.11 Å². The first kappa shape index (κ1) is 9.51. The van der Waals surface area contributed by atoms with Crippen molar-refractivity contribution in [3.63, 3.8) is 0 Å². The minimum atomic E-state index is -3.98. The quantitative estimate of drug-likeness (QED) is 0.549. The zero-order valence-electron chi connectivity index (χ0n) is 5.37. The van der Waals surface area contributed by atoms with E-state index in [2.05, 4.69) is 4.74 Å². The molecule has 0 N–H and O–H groups in total. The number of carbonyl (C=O) groups excluding carboxylic acids is 1. The smallest absolute Gasteiger partial charge is 0.423 e. The van der Waals surface area contributed by atoms with Gasteiger partial charge in [-0.25, -0.2) is 4.79 Å². The predicted octanol–water partition coefficient (Wildman–Crippen LogP) is 0.168. The molecule has 0 atom stereocenters. The van der Waals surface area contributed by atoms with E-state index in [1.54, 1.807) is 0 Å². The molecule has 0 aromatic rings. The molecule has 0 fully saturated rings. The zero-order valence-corrected chi connectivity index (χ0v) is 6.94. The lowest BCUT2D eigenvalue weighted by Crippen LogP contribution is -2.29. The van der Waals surface area contributed by atoms with E-state index in [1.165, 1.54) is 0 Å². The van der Waals surface area contributed by atoms with Crippen LogP contribution in [0.5, 0.6) is 0 Å². The molecule has 0 aromatic carbocycles. The molecule has 0 radical (unpaired) electrons. The Kier molecular flexibility index (Phi) is 2.92. The molecule has 7 heteroatoms. The molecule has 5 nitrogen and oxygen atoms in total. The van der Waals surface area contributed by atoms with Gasteiger partial charge in [0.2, 0.25) is 0 Å². The summed E-state index contributed by atoms with van der Waals surface area (Å²) in [7, 11) is 2.82. The van der Waals surface area contributed by atoms with Crippen molar-refractivity contribution in [1.29, 1.82) is 0 Å². The molecule has 0 aromatic heterocycles. The lowest BCUT2D eigenvalue weighted by Gasteiger charge is -2.09. The fourth-order valence-corrected chi connectivity index (χ4v) is 0.639. The molecular weight excluding hydrogens is 182 g/mol. The van der Waals surface area contributed by atoms with Crippen molar-refractivity contribution in [2.24, 2.45) is 0 Å². The van der Waals surface area contributed by atoms with Gasteiger partial charge in [-0.3, -0.25) is 0 Å². The summed E-state index contributed by atoms with van der Waals surface area (Å²) in [4.78, 5) is 10.4. The van der Waals surface area contributed by atoms with Gasteiger partial charge in [0.15, 0.2) is 0 Å². The Labute approximate surface area is 63.1 Å². The van der Waals surface area contributed by atoms with Crippen molar-refractivity contribution in [1.82, 2.24) is 4.31 Å². The summed E-state index contributed by atoms with van der Waals surface area (Å²) >= 11 is 0. The highest BCUT2D eigenvalue weighted by molar-refractivity contribution is 8.12. The molecular formula is C3H6ClNO4S. The van der Waals surface area contributed by atoms with Gasteiger partial charge in [-0.15, -0.1) is 0 Å². The van der Waals surface area contributed by atoms with E-state index in [0.717, 1.165) is 14.2 Å². The maximum absolute atomic E-state index is 10.4. The second kappa shape index (κ2) is 3.07. The Balaban J connectivity index is 4.39. The van der Waals surface area contributed by atoms with Gasteiger partial charge in [0.1, 0.15) is 0 Å². The molecule has 0 heterocycles. The number of methoxy groups -OCH3 is 1. The van der Waals surface area contributed by atoms with Gasteiger partial charge < -0.3 is 4.74 Å². The Morgan fingerprint density at radius 3 is 2.10 bits per heavy atom. The van der Waals surface area contributed by atoms with E-state index in [-0.39, 0.29) is 4.31 Å². The van der Waals surface area contributed by atoms with Crippen molar-refractivity contribution < 1.29 is 17.9 Å². The monoisotopic (exact) mass is 187 g/mol. The van der Waals surface area contributed by atoms with Crippen molar-refractivity contribution >= 4 is 26.0 Å². The molecule has 0 saturated heterocycles. The number of carbonyl (C=O) groups is 1. The number of ether oxygens (including phenoxy) is 1. The minimum absolute atomic E-state index is 0.286. The molecule has 60 valence electrons. The summed E-state index contributed by atoms with van der Waals surface area (Å²) in [6, 6.07) is 0. The fourth-order valence-electron chi connectivity index (χ4n) is 0.218. The largest absolute Gasteiger partial charge is 0.452 e. The Bertz CT molecular complexity index is 223. The third-order valence-electron chi connectivity index (χ3n) is 0.759. The normalized spacial score (nSPS) is 10.7. The molecule has 0 aliphatic rings. The first-order chi connectivity index (χ1) is 4.39. The van der Waals surface area contributed by atoms with E-state index in [0.29, 0.717) is 0 Å². The predicted molar refractivity (Wildman–Crippen MR) is 34.9 cm³/mol. The fraction of sp³-hybridized carbons (Fsp3) is 0.667. The maximum Gasteiger partial charge on any atom is 0.423 e. The first-order valence-corrected chi connectivity index (χ1v) is 4.42. The molecule has 0 aliphatic heterocycles. The number of hydrogen-bond acceptors (Lipinski definition) is 4. The second-order valence-corrected chi connectivity index (χ2v) is 3.92. The highest BCUT2D eigenvalue weighted by Crippen LogP contribution is 2.03. The minimum Gasteiger partial charge on any atom is -0.452 e. The summed E-state index contributed by atoms with van der Waals surface area (Å²) in [5.74, 6) is 0. The van der Waals surface area contributed by atoms with Gasteiger partial charge in [-0.1, -0.05) is 0 Å². The van der Waals surface area contributed by atoms with Gasteiger partial charge in [-0.05, 0) is 0 Å². The van der Waals surface area contributed by atoms with E-state index < -0.39 is 15.3 Å². The topological polar surface area (TPSA) is 63.7 Å². The molecule has 0 saturated carbocycles. The van der Waals surface area contributed by atoms with Crippen LogP contribution in [0, 0.1) is 0 Å². The highest BCUT2D eigenvalue weighted by Gasteiger charge is 2.20. The van der Waals surface area contributed by atoms with Gasteiger partial charge in [-0.2, -0.15) is 12.7 Å². The summed E-state index contributed by atoms with van der Waals surface area (Å²) in [6.45, 7) is 0. The van der Waals surface area contributed by atoms with Crippen LogP contribution in [0.25, 0.3) is 0 Å². The van der Waals surface area contributed by atoms with Crippen LogP contribution >= 0.6 is 10.7 Å². The number of hydrogen-bond donors (Lipinski definition) is 0. The molecule has 0 aliphatic carbocycles. The summed E-state index contributed by atoms with van der Waals surface area (Å²) in [5, 5.41) is 0. The van der Waals surface area contributed by atoms with Crippen molar-refractivity contribution in [2.45, 2.75) is 0 Å². The highest BCUT2D eigenvalue weighted by atomic mass is 35.7. The lowest BCUT2D eigenvalue weighted by molar-refractivity contribution is 0.155. The first-order valence-electron chi connectivity index (χ1n) is 2.16. The third kappa shape index (κ3) is 2.40. The molecule has 0 spiro atoms. The molecule has 0 rings (SSSR count). The van der Waals surface area contributed by atoms with Crippen LogP contribution in [0.1, 0.15) is 0 Å². The van der Waals surface area contributed by atoms with Crippen molar-refractivity contribution in [3.8, 4) is 0 Å². The molecule has 0 unspecified atom stereocenters. The van der Waals surface area contributed by atoms with E-state index in [1.807, 2.05) is 0 Å². The van der Waals surface area contributed by atoms with Crippen LogP contribution < -0.4 is 0 Å². The lowest BCUT2D eigenvalue weighted by atomic mass is 11.1. The number of halogens is 1. The number of amides is 1. The van der Waals surface area contributed by atoms with Crippen LogP contribution in [0.3, 0.4) is 0 Å². The Hall–Kier alpha value is -0.490. The van der Waals surface area contributed by atoms with Crippen molar-refractivity contribution in [2.75, 3.05) is 14.2 Å². The zero-order chi connectivity index (χ0) is 8.36. The van der Waals surface area contributed by atoms with Crippen LogP contribution in [0.2, 0.25) is 0 Å². The summed E-state index contributed by atoms with van der Waals surface area (Å²) in [5.41, 5.74) is 0. The van der Waals surface area contributed by atoms with Gasteiger partial charge >= 0.3 is 15.3 Å². The average Bonchev–Trinajstić information content (AvgIpc) is 1.83. The summed E-state index contributed by atoms with van der Waals surface area (Å²) < 4.78 is 25.0.